The Morgan fingerprint density at radius 1 is 1.25 bits per heavy atom. The normalized spacial score (nSPS) is 22.6. The lowest BCUT2D eigenvalue weighted by molar-refractivity contribution is 0.129. The van der Waals surface area contributed by atoms with E-state index in [1.165, 1.54) is 70.0 Å². The molecule has 0 saturated heterocycles. The van der Waals surface area contributed by atoms with Crippen molar-refractivity contribution in [2.24, 2.45) is 5.41 Å². The molecule has 1 heterocycles. The molecule has 20 heavy (non-hydrogen) atoms. The number of rotatable bonds is 6. The van der Waals surface area contributed by atoms with Crippen LogP contribution in [0, 0.1) is 5.41 Å². The number of nitrogens with zero attached hydrogens (tertiary/aromatic N) is 2. The zero-order valence-electron chi connectivity index (χ0n) is 12.9. The molecule has 1 N–H and O–H groups in total. The Labute approximate surface area is 123 Å². The maximum Gasteiger partial charge on any atom is 0.0630 e. The van der Waals surface area contributed by atoms with Gasteiger partial charge in [0, 0.05) is 12.7 Å². The number of aromatic nitrogens is 2. The molecule has 0 bridgehead atoms. The Morgan fingerprint density at radius 3 is 2.70 bits per heavy atom. The van der Waals surface area contributed by atoms with Gasteiger partial charge in [0.1, 0.15) is 0 Å². The summed E-state index contributed by atoms with van der Waals surface area (Å²) in [6.45, 7) is 4.45. The zero-order chi connectivity index (χ0) is 13.8. The Balaban J connectivity index is 1.61. The van der Waals surface area contributed by atoms with E-state index in [1.54, 1.807) is 0 Å². The van der Waals surface area contributed by atoms with Crippen molar-refractivity contribution in [3.05, 3.63) is 18.0 Å². The Morgan fingerprint density at radius 2 is 2.05 bits per heavy atom. The second-order valence-corrected chi connectivity index (χ2v) is 6.89. The summed E-state index contributed by atoms with van der Waals surface area (Å²) in [5.74, 6) is 0. The zero-order valence-corrected chi connectivity index (χ0v) is 12.9. The molecule has 2 aliphatic carbocycles. The van der Waals surface area contributed by atoms with Gasteiger partial charge < -0.3 is 5.32 Å². The van der Waals surface area contributed by atoms with Crippen LogP contribution in [0.3, 0.4) is 0 Å². The van der Waals surface area contributed by atoms with Gasteiger partial charge in [0.2, 0.25) is 0 Å². The van der Waals surface area contributed by atoms with Crippen LogP contribution in [-0.4, -0.2) is 22.9 Å². The lowest BCUT2D eigenvalue weighted by Gasteiger charge is -2.42. The SMILES string of the molecule is CCNCC1(Cc2ccn(C3CCCCC3)n2)CCC1. The molecule has 0 unspecified atom stereocenters. The van der Waals surface area contributed by atoms with Gasteiger partial charge in [-0.3, -0.25) is 4.68 Å². The summed E-state index contributed by atoms with van der Waals surface area (Å²) >= 11 is 0. The van der Waals surface area contributed by atoms with E-state index in [2.05, 4.69) is 29.2 Å². The van der Waals surface area contributed by atoms with Gasteiger partial charge in [-0.1, -0.05) is 32.6 Å². The molecule has 112 valence electrons. The Bertz CT molecular complexity index is 414. The van der Waals surface area contributed by atoms with Gasteiger partial charge in [-0.15, -0.1) is 0 Å². The molecule has 1 aromatic heterocycles. The van der Waals surface area contributed by atoms with E-state index >= 15 is 0 Å². The van der Waals surface area contributed by atoms with Crippen molar-refractivity contribution in [2.45, 2.75) is 70.8 Å². The Kier molecular flexibility index (Phi) is 4.45. The van der Waals surface area contributed by atoms with Crippen LogP contribution in [0.25, 0.3) is 0 Å². The highest BCUT2D eigenvalue weighted by Crippen LogP contribution is 2.43. The van der Waals surface area contributed by atoms with Crippen molar-refractivity contribution in [1.29, 1.82) is 0 Å². The maximum atomic E-state index is 4.90. The summed E-state index contributed by atoms with van der Waals surface area (Å²) in [6.07, 6.45) is 14.4. The molecule has 3 heteroatoms. The molecule has 0 spiro atoms. The topological polar surface area (TPSA) is 29.9 Å². The van der Waals surface area contributed by atoms with E-state index in [0.29, 0.717) is 11.5 Å². The fourth-order valence-corrected chi connectivity index (χ4v) is 3.89. The van der Waals surface area contributed by atoms with Crippen molar-refractivity contribution < 1.29 is 0 Å². The van der Waals surface area contributed by atoms with E-state index in [0.717, 1.165) is 6.54 Å². The van der Waals surface area contributed by atoms with Crippen LogP contribution >= 0.6 is 0 Å². The van der Waals surface area contributed by atoms with Gasteiger partial charge in [-0.2, -0.15) is 5.10 Å². The molecule has 0 atom stereocenters. The third kappa shape index (κ3) is 3.08. The van der Waals surface area contributed by atoms with Gasteiger partial charge >= 0.3 is 0 Å². The van der Waals surface area contributed by atoms with Crippen LogP contribution in [0.15, 0.2) is 12.3 Å². The maximum absolute atomic E-state index is 4.90. The highest BCUT2D eigenvalue weighted by atomic mass is 15.3. The second-order valence-electron chi connectivity index (χ2n) is 6.89. The lowest BCUT2D eigenvalue weighted by Crippen LogP contribution is -2.41. The summed E-state index contributed by atoms with van der Waals surface area (Å²) < 4.78 is 2.26. The van der Waals surface area contributed by atoms with Crippen LogP contribution in [0.2, 0.25) is 0 Å². The van der Waals surface area contributed by atoms with Crippen molar-refractivity contribution in [3.8, 4) is 0 Å². The van der Waals surface area contributed by atoms with Crippen molar-refractivity contribution in [1.82, 2.24) is 15.1 Å². The highest BCUT2D eigenvalue weighted by molar-refractivity contribution is 5.07. The minimum absolute atomic E-state index is 0.502. The van der Waals surface area contributed by atoms with Crippen molar-refractivity contribution >= 4 is 0 Å². The van der Waals surface area contributed by atoms with E-state index in [-0.39, 0.29) is 0 Å². The fraction of sp³-hybridized carbons (Fsp3) is 0.824. The largest absolute Gasteiger partial charge is 0.316 e. The first kappa shape index (κ1) is 14.1. The van der Waals surface area contributed by atoms with Gasteiger partial charge in [0.15, 0.2) is 0 Å². The van der Waals surface area contributed by atoms with Crippen LogP contribution in [0.5, 0.6) is 0 Å². The summed E-state index contributed by atoms with van der Waals surface area (Å²) in [4.78, 5) is 0. The third-order valence-corrected chi connectivity index (χ3v) is 5.33. The van der Waals surface area contributed by atoms with Crippen LogP contribution in [0.4, 0.5) is 0 Å². The lowest BCUT2D eigenvalue weighted by atomic mass is 9.66. The average molecular weight is 275 g/mol. The summed E-state index contributed by atoms with van der Waals surface area (Å²) in [6, 6.07) is 2.93. The average Bonchev–Trinajstić information content (AvgIpc) is 2.91. The summed E-state index contributed by atoms with van der Waals surface area (Å²) in [7, 11) is 0. The van der Waals surface area contributed by atoms with Crippen molar-refractivity contribution in [2.75, 3.05) is 13.1 Å². The predicted octanol–water partition coefficient (Wildman–Crippen LogP) is 3.71. The summed E-state index contributed by atoms with van der Waals surface area (Å²) in [5, 5.41) is 8.44. The molecule has 1 aromatic rings. The molecular formula is C17H29N3. The quantitative estimate of drug-likeness (QED) is 0.857. The van der Waals surface area contributed by atoms with Crippen LogP contribution in [0.1, 0.15) is 70.0 Å². The first-order valence-corrected chi connectivity index (χ1v) is 8.56. The minimum atomic E-state index is 0.502. The smallest absolute Gasteiger partial charge is 0.0630 e. The fourth-order valence-electron chi connectivity index (χ4n) is 3.89. The van der Waals surface area contributed by atoms with E-state index in [9.17, 15) is 0 Å². The molecule has 0 aliphatic heterocycles. The van der Waals surface area contributed by atoms with Gasteiger partial charge in [-0.25, -0.2) is 0 Å². The highest BCUT2D eigenvalue weighted by Gasteiger charge is 2.37. The minimum Gasteiger partial charge on any atom is -0.316 e. The van der Waals surface area contributed by atoms with Crippen LogP contribution in [-0.2, 0) is 6.42 Å². The van der Waals surface area contributed by atoms with Gasteiger partial charge in [0.25, 0.3) is 0 Å². The predicted molar refractivity (Wildman–Crippen MR) is 82.9 cm³/mol. The first-order chi connectivity index (χ1) is 9.81. The van der Waals surface area contributed by atoms with E-state index < -0.39 is 0 Å². The number of hydrogen-bond acceptors (Lipinski definition) is 2. The molecule has 2 fully saturated rings. The second kappa shape index (κ2) is 6.30. The standard InChI is InChI=1S/C17H29N3/c1-2-18-14-17(10-6-11-17)13-15-9-12-20(19-15)16-7-4-3-5-8-16/h9,12,16,18H,2-8,10-11,13-14H2,1H3. The molecule has 0 radical (unpaired) electrons. The molecule has 0 aromatic carbocycles. The number of hydrogen-bond donors (Lipinski definition) is 1. The van der Waals surface area contributed by atoms with Gasteiger partial charge in [-0.05, 0) is 50.1 Å². The molecule has 0 amide bonds. The summed E-state index contributed by atoms with van der Waals surface area (Å²) in [5.41, 5.74) is 1.81. The van der Waals surface area contributed by atoms with E-state index in [4.69, 9.17) is 5.10 Å². The number of nitrogens with one attached hydrogen (secondary N) is 1. The van der Waals surface area contributed by atoms with E-state index in [1.807, 2.05) is 0 Å². The monoisotopic (exact) mass is 275 g/mol. The Hall–Kier alpha value is -0.830. The third-order valence-electron chi connectivity index (χ3n) is 5.33. The molecular weight excluding hydrogens is 246 g/mol. The molecule has 3 rings (SSSR count). The molecule has 3 nitrogen and oxygen atoms in total. The first-order valence-electron chi connectivity index (χ1n) is 8.56. The van der Waals surface area contributed by atoms with Crippen molar-refractivity contribution in [3.63, 3.8) is 0 Å². The molecule has 2 aliphatic rings. The van der Waals surface area contributed by atoms with Crippen LogP contribution < -0.4 is 5.32 Å². The van der Waals surface area contributed by atoms with Gasteiger partial charge in [0.05, 0.1) is 11.7 Å². The molecule has 2 saturated carbocycles.